The molecule has 1 nitrogen and oxygen atoms in total. The van der Waals surface area contributed by atoms with Crippen LogP contribution in [-0.2, 0) is 0 Å². The fourth-order valence-corrected chi connectivity index (χ4v) is 4.12. The van der Waals surface area contributed by atoms with Crippen LogP contribution in [0.5, 0.6) is 0 Å². The predicted molar refractivity (Wildman–Crippen MR) is 70.7 cm³/mol. The summed E-state index contributed by atoms with van der Waals surface area (Å²) in [6, 6.07) is 4.67. The summed E-state index contributed by atoms with van der Waals surface area (Å²) in [5.74, 6) is 0.586. The second-order valence-electron chi connectivity index (χ2n) is 4.09. The van der Waals surface area contributed by atoms with Crippen molar-refractivity contribution in [1.29, 1.82) is 0 Å². The molecule has 0 saturated heterocycles. The highest BCUT2D eigenvalue weighted by Crippen LogP contribution is 2.35. The van der Waals surface area contributed by atoms with Gasteiger partial charge in [-0.05, 0) is 29.9 Å². The summed E-state index contributed by atoms with van der Waals surface area (Å²) in [5.41, 5.74) is 6.26. The Hall–Kier alpha value is -0.380. The molecular formula is C12H17NS2. The topological polar surface area (TPSA) is 26.0 Å². The standard InChI is InChI=1S/C12H17NS2/c1-3-4-8(2)12(13)11-7-10-9(15-11)5-6-14-10/h5-8,12H,3-4,13H2,1-2H3. The normalized spacial score (nSPS) is 15.7. The Balaban J connectivity index is 2.19. The zero-order valence-electron chi connectivity index (χ0n) is 9.19. The van der Waals surface area contributed by atoms with Crippen LogP contribution in [0.25, 0.3) is 9.40 Å². The van der Waals surface area contributed by atoms with E-state index in [1.807, 2.05) is 11.3 Å². The van der Waals surface area contributed by atoms with Crippen molar-refractivity contribution in [3.63, 3.8) is 0 Å². The average molecular weight is 239 g/mol. The second-order valence-corrected chi connectivity index (χ2v) is 6.15. The van der Waals surface area contributed by atoms with E-state index in [0.29, 0.717) is 5.92 Å². The lowest BCUT2D eigenvalue weighted by molar-refractivity contribution is 0.439. The van der Waals surface area contributed by atoms with Crippen molar-refractivity contribution in [1.82, 2.24) is 0 Å². The number of fused-ring (bicyclic) bond motifs is 1. The zero-order valence-corrected chi connectivity index (χ0v) is 10.8. The smallest absolute Gasteiger partial charge is 0.0454 e. The highest BCUT2D eigenvalue weighted by atomic mass is 32.1. The molecule has 0 saturated carbocycles. The average Bonchev–Trinajstić information content (AvgIpc) is 2.75. The zero-order chi connectivity index (χ0) is 10.8. The summed E-state index contributed by atoms with van der Waals surface area (Å²) in [6.07, 6.45) is 2.43. The van der Waals surface area contributed by atoms with Gasteiger partial charge in [0.1, 0.15) is 0 Å². The highest BCUT2D eigenvalue weighted by molar-refractivity contribution is 7.26. The molecule has 2 atom stereocenters. The Morgan fingerprint density at radius 2 is 2.20 bits per heavy atom. The molecule has 2 aromatic heterocycles. The minimum atomic E-state index is 0.217. The monoisotopic (exact) mass is 239 g/mol. The van der Waals surface area contributed by atoms with Gasteiger partial charge < -0.3 is 5.73 Å². The molecule has 0 aliphatic rings. The van der Waals surface area contributed by atoms with Crippen LogP contribution >= 0.6 is 22.7 Å². The minimum Gasteiger partial charge on any atom is -0.323 e. The molecule has 2 unspecified atom stereocenters. The summed E-state index contributed by atoms with van der Waals surface area (Å²) >= 11 is 3.66. The lowest BCUT2D eigenvalue weighted by Gasteiger charge is -2.17. The van der Waals surface area contributed by atoms with Crippen molar-refractivity contribution in [2.75, 3.05) is 0 Å². The van der Waals surface area contributed by atoms with Gasteiger partial charge in [0.25, 0.3) is 0 Å². The largest absolute Gasteiger partial charge is 0.323 e. The van der Waals surface area contributed by atoms with Crippen LogP contribution in [0.1, 0.15) is 37.6 Å². The van der Waals surface area contributed by atoms with Gasteiger partial charge >= 0.3 is 0 Å². The van der Waals surface area contributed by atoms with E-state index in [1.54, 1.807) is 11.3 Å². The molecule has 15 heavy (non-hydrogen) atoms. The molecule has 0 aliphatic carbocycles. The van der Waals surface area contributed by atoms with Crippen LogP contribution in [0.15, 0.2) is 17.5 Å². The molecule has 0 bridgehead atoms. The number of hydrogen-bond donors (Lipinski definition) is 1. The van der Waals surface area contributed by atoms with Crippen molar-refractivity contribution in [3.8, 4) is 0 Å². The quantitative estimate of drug-likeness (QED) is 0.841. The Morgan fingerprint density at radius 3 is 2.87 bits per heavy atom. The van der Waals surface area contributed by atoms with Gasteiger partial charge in [0.05, 0.1) is 0 Å². The van der Waals surface area contributed by atoms with E-state index in [1.165, 1.54) is 27.1 Å². The van der Waals surface area contributed by atoms with Crippen molar-refractivity contribution in [2.24, 2.45) is 11.7 Å². The van der Waals surface area contributed by atoms with Gasteiger partial charge in [-0.25, -0.2) is 0 Å². The third kappa shape index (κ3) is 2.25. The van der Waals surface area contributed by atoms with E-state index < -0.39 is 0 Å². The first-order valence-corrected chi connectivity index (χ1v) is 7.14. The third-order valence-corrected chi connectivity index (χ3v) is 5.04. The van der Waals surface area contributed by atoms with Crippen molar-refractivity contribution in [3.05, 3.63) is 22.4 Å². The molecule has 0 aromatic carbocycles. The van der Waals surface area contributed by atoms with E-state index >= 15 is 0 Å². The molecule has 3 heteroatoms. The maximum Gasteiger partial charge on any atom is 0.0454 e. The molecule has 2 heterocycles. The SMILES string of the molecule is CCCC(C)C(N)c1cc2sccc2s1. The third-order valence-electron chi connectivity index (χ3n) is 2.84. The Bertz CT molecular complexity index is 401. The van der Waals surface area contributed by atoms with Crippen LogP contribution in [0.3, 0.4) is 0 Å². The van der Waals surface area contributed by atoms with Gasteiger partial charge in [-0.2, -0.15) is 0 Å². The van der Waals surface area contributed by atoms with E-state index in [0.717, 1.165) is 0 Å². The fourth-order valence-electron chi connectivity index (χ4n) is 1.86. The summed E-state index contributed by atoms with van der Waals surface area (Å²) in [5, 5.41) is 2.14. The Labute approximate surface area is 98.9 Å². The Kier molecular flexibility index (Phi) is 3.44. The summed E-state index contributed by atoms with van der Waals surface area (Å²) < 4.78 is 2.77. The number of nitrogens with two attached hydrogens (primary N) is 1. The Morgan fingerprint density at radius 1 is 1.40 bits per heavy atom. The summed E-state index contributed by atoms with van der Waals surface area (Å²) in [6.45, 7) is 4.47. The molecule has 0 spiro atoms. The number of hydrogen-bond acceptors (Lipinski definition) is 3. The van der Waals surface area contributed by atoms with Gasteiger partial charge in [-0.15, -0.1) is 22.7 Å². The lowest BCUT2D eigenvalue weighted by atomic mass is 9.97. The van der Waals surface area contributed by atoms with E-state index in [-0.39, 0.29) is 6.04 Å². The van der Waals surface area contributed by atoms with Gasteiger partial charge in [0, 0.05) is 20.3 Å². The summed E-state index contributed by atoms with van der Waals surface area (Å²) in [7, 11) is 0. The molecule has 0 fully saturated rings. The maximum absolute atomic E-state index is 6.26. The van der Waals surface area contributed by atoms with Crippen LogP contribution in [0.2, 0.25) is 0 Å². The van der Waals surface area contributed by atoms with Crippen LogP contribution in [-0.4, -0.2) is 0 Å². The highest BCUT2D eigenvalue weighted by Gasteiger charge is 2.16. The molecular weight excluding hydrogens is 222 g/mol. The van der Waals surface area contributed by atoms with Gasteiger partial charge in [0.15, 0.2) is 0 Å². The predicted octanol–water partition coefficient (Wildman–Crippen LogP) is 4.40. The van der Waals surface area contributed by atoms with Gasteiger partial charge in [0.2, 0.25) is 0 Å². The van der Waals surface area contributed by atoms with Crippen LogP contribution < -0.4 is 5.73 Å². The maximum atomic E-state index is 6.26. The minimum absolute atomic E-state index is 0.217. The van der Waals surface area contributed by atoms with Crippen molar-refractivity contribution in [2.45, 2.75) is 32.7 Å². The second kappa shape index (κ2) is 4.64. The van der Waals surface area contributed by atoms with Crippen LogP contribution in [0.4, 0.5) is 0 Å². The van der Waals surface area contributed by atoms with E-state index in [2.05, 4.69) is 31.4 Å². The molecule has 82 valence electrons. The first-order valence-electron chi connectivity index (χ1n) is 5.45. The first-order chi connectivity index (χ1) is 7.22. The lowest BCUT2D eigenvalue weighted by Crippen LogP contribution is -2.17. The van der Waals surface area contributed by atoms with Gasteiger partial charge in [-0.3, -0.25) is 0 Å². The first kappa shape index (κ1) is 11.1. The van der Waals surface area contributed by atoms with Crippen LogP contribution in [0, 0.1) is 5.92 Å². The molecule has 0 amide bonds. The number of thiophene rings is 2. The van der Waals surface area contributed by atoms with Crippen molar-refractivity contribution < 1.29 is 0 Å². The van der Waals surface area contributed by atoms with E-state index in [4.69, 9.17) is 5.73 Å². The van der Waals surface area contributed by atoms with Gasteiger partial charge in [-0.1, -0.05) is 20.3 Å². The summed E-state index contributed by atoms with van der Waals surface area (Å²) in [4.78, 5) is 1.35. The van der Waals surface area contributed by atoms with E-state index in [9.17, 15) is 0 Å². The molecule has 2 rings (SSSR count). The molecule has 0 radical (unpaired) electrons. The fraction of sp³-hybridized carbons (Fsp3) is 0.500. The number of rotatable bonds is 4. The van der Waals surface area contributed by atoms with Crippen molar-refractivity contribution >= 4 is 32.1 Å². The molecule has 2 N–H and O–H groups in total. The molecule has 2 aromatic rings. The molecule has 0 aliphatic heterocycles.